The zero-order valence-electron chi connectivity index (χ0n) is 22.8. The maximum Gasteiger partial charge on any atom is 0.137 e. The minimum absolute atomic E-state index is 0.886. The van der Waals surface area contributed by atoms with Crippen LogP contribution in [0.4, 0.5) is 17.1 Å². The van der Waals surface area contributed by atoms with Crippen molar-refractivity contribution in [2.24, 2.45) is 0 Å². The highest BCUT2D eigenvalue weighted by Gasteiger charge is 2.17. The molecule has 0 saturated carbocycles. The van der Waals surface area contributed by atoms with Crippen molar-refractivity contribution in [2.75, 3.05) is 4.90 Å². The summed E-state index contributed by atoms with van der Waals surface area (Å²) in [7, 11) is 0. The largest absolute Gasteiger partial charge is 0.456 e. The lowest BCUT2D eigenvalue weighted by Crippen LogP contribution is -2.09. The second-order valence-electron chi connectivity index (χ2n) is 11.0. The molecule has 0 N–H and O–H groups in total. The molecule has 0 bridgehead atoms. The Morgan fingerprint density at radius 2 is 0.833 bits per heavy atom. The van der Waals surface area contributed by atoms with Gasteiger partial charge < -0.3 is 9.32 Å². The van der Waals surface area contributed by atoms with E-state index in [2.05, 4.69) is 144 Å². The van der Waals surface area contributed by atoms with Crippen LogP contribution in [0.2, 0.25) is 0 Å². The third-order valence-corrected chi connectivity index (χ3v) is 8.60. The summed E-state index contributed by atoms with van der Waals surface area (Å²) in [5.41, 5.74) is 5.06. The van der Waals surface area contributed by atoms with Gasteiger partial charge in [-0.05, 0) is 85.6 Å². The first-order valence-corrected chi connectivity index (χ1v) is 14.3. The average molecular weight is 536 g/mol. The number of rotatable bonds is 3. The van der Waals surface area contributed by atoms with Crippen molar-refractivity contribution in [3.05, 3.63) is 152 Å². The Bertz CT molecular complexity index is 2490. The summed E-state index contributed by atoms with van der Waals surface area (Å²) >= 11 is 0. The van der Waals surface area contributed by atoms with Crippen molar-refractivity contribution < 1.29 is 4.42 Å². The van der Waals surface area contributed by atoms with Crippen LogP contribution in [0.3, 0.4) is 0 Å². The van der Waals surface area contributed by atoms with E-state index < -0.39 is 0 Å². The average Bonchev–Trinajstić information content (AvgIpc) is 3.42. The van der Waals surface area contributed by atoms with Crippen molar-refractivity contribution in [3.8, 4) is 0 Å². The van der Waals surface area contributed by atoms with Crippen LogP contribution in [0.5, 0.6) is 0 Å². The van der Waals surface area contributed by atoms with Gasteiger partial charge in [0.05, 0.1) is 0 Å². The van der Waals surface area contributed by atoms with Gasteiger partial charge >= 0.3 is 0 Å². The van der Waals surface area contributed by atoms with Gasteiger partial charge in [0.1, 0.15) is 11.2 Å². The highest BCUT2D eigenvalue weighted by molar-refractivity contribution is 6.18. The number of nitrogens with zero attached hydrogens (tertiary/aromatic N) is 1. The zero-order chi connectivity index (χ0) is 27.6. The first-order valence-electron chi connectivity index (χ1n) is 14.3. The minimum Gasteiger partial charge on any atom is -0.456 e. The van der Waals surface area contributed by atoms with Gasteiger partial charge in [0.2, 0.25) is 0 Å². The normalized spacial score (nSPS) is 11.8. The fraction of sp³-hybridized carbons (Fsp3) is 0. The van der Waals surface area contributed by atoms with Crippen molar-refractivity contribution in [3.63, 3.8) is 0 Å². The summed E-state index contributed by atoms with van der Waals surface area (Å²) < 4.78 is 6.33. The van der Waals surface area contributed by atoms with E-state index in [4.69, 9.17) is 4.42 Å². The van der Waals surface area contributed by atoms with Gasteiger partial charge in [0.15, 0.2) is 0 Å². The van der Waals surface area contributed by atoms with Crippen LogP contribution in [0.15, 0.2) is 156 Å². The van der Waals surface area contributed by atoms with E-state index in [-0.39, 0.29) is 0 Å². The molecule has 8 aromatic carbocycles. The van der Waals surface area contributed by atoms with Gasteiger partial charge in [-0.3, -0.25) is 0 Å². The number of anilines is 3. The van der Waals surface area contributed by atoms with E-state index in [0.717, 1.165) is 39.0 Å². The second kappa shape index (κ2) is 8.95. The molecule has 9 aromatic rings. The predicted octanol–water partition coefficient (Wildman–Crippen LogP) is 11.7. The Morgan fingerprint density at radius 3 is 1.69 bits per heavy atom. The summed E-state index contributed by atoms with van der Waals surface area (Å²) in [4.78, 5) is 2.35. The van der Waals surface area contributed by atoms with Crippen molar-refractivity contribution in [2.45, 2.75) is 0 Å². The van der Waals surface area contributed by atoms with E-state index in [1.54, 1.807) is 0 Å². The molecule has 2 nitrogen and oxygen atoms in total. The Kier molecular flexibility index (Phi) is 4.93. The molecule has 0 spiro atoms. The molecule has 0 radical (unpaired) electrons. The van der Waals surface area contributed by atoms with Gasteiger partial charge in [-0.15, -0.1) is 0 Å². The summed E-state index contributed by atoms with van der Waals surface area (Å²) in [6.45, 7) is 0. The maximum atomic E-state index is 6.33. The molecule has 0 saturated heterocycles. The Balaban J connectivity index is 1.30. The fourth-order valence-corrected chi connectivity index (χ4v) is 6.56. The van der Waals surface area contributed by atoms with Crippen LogP contribution in [0.1, 0.15) is 0 Å². The molecule has 9 rings (SSSR count). The van der Waals surface area contributed by atoms with E-state index in [9.17, 15) is 0 Å². The van der Waals surface area contributed by atoms with E-state index >= 15 is 0 Å². The highest BCUT2D eigenvalue weighted by Crippen LogP contribution is 2.41. The number of hydrogen-bond donors (Lipinski definition) is 0. The summed E-state index contributed by atoms with van der Waals surface area (Å²) in [5, 5.41) is 12.3. The lowest BCUT2D eigenvalue weighted by Gasteiger charge is -2.26. The van der Waals surface area contributed by atoms with Gasteiger partial charge in [-0.25, -0.2) is 0 Å². The second-order valence-corrected chi connectivity index (χ2v) is 11.0. The molecule has 0 aliphatic rings. The molecule has 0 atom stereocenters. The molecule has 0 amide bonds. The summed E-state index contributed by atoms with van der Waals surface area (Å²) in [6, 6.07) is 54.5. The standard InChI is InChI=1S/C40H25NO/c1-2-9-29-23-30(17-13-26(29)7-1)41(32-19-22-37-36-11-5-6-12-39(36)42-40(37)25-32)31-18-14-28-16-20-34-33-10-4-3-8-27(33)15-21-35(34)38(28)24-31/h1-25H. The predicted molar refractivity (Wildman–Crippen MR) is 178 cm³/mol. The van der Waals surface area contributed by atoms with Crippen molar-refractivity contribution >= 4 is 82.1 Å². The molecule has 1 aromatic heterocycles. The third kappa shape index (κ3) is 3.52. The SMILES string of the molecule is c1ccc2cc(N(c3ccc4c(c3)oc3ccccc34)c3ccc4ccc5c6ccccc6ccc5c4c3)ccc2c1. The smallest absolute Gasteiger partial charge is 0.137 e. The topological polar surface area (TPSA) is 16.4 Å². The lowest BCUT2D eigenvalue weighted by molar-refractivity contribution is 0.669. The molecule has 0 fully saturated rings. The number of hydrogen-bond acceptors (Lipinski definition) is 2. The van der Waals surface area contributed by atoms with E-state index in [0.29, 0.717) is 0 Å². The fourth-order valence-electron chi connectivity index (χ4n) is 6.56. The van der Waals surface area contributed by atoms with Gasteiger partial charge in [0, 0.05) is 33.9 Å². The van der Waals surface area contributed by atoms with Crippen LogP contribution >= 0.6 is 0 Å². The first kappa shape index (κ1) is 23.1. The monoisotopic (exact) mass is 535 g/mol. The molecule has 196 valence electrons. The van der Waals surface area contributed by atoms with Crippen LogP contribution in [0.25, 0.3) is 65.0 Å². The molecule has 42 heavy (non-hydrogen) atoms. The van der Waals surface area contributed by atoms with Crippen LogP contribution in [0, 0.1) is 0 Å². The van der Waals surface area contributed by atoms with Crippen molar-refractivity contribution in [1.82, 2.24) is 0 Å². The van der Waals surface area contributed by atoms with Gasteiger partial charge in [-0.1, -0.05) is 103 Å². The Labute approximate surface area is 242 Å². The summed E-state index contributed by atoms with van der Waals surface area (Å²) in [6.07, 6.45) is 0. The Hall–Kier alpha value is -5.60. The molecule has 0 aliphatic carbocycles. The van der Waals surface area contributed by atoms with Gasteiger partial charge in [-0.2, -0.15) is 0 Å². The molecule has 1 heterocycles. The molecule has 2 heteroatoms. The number of benzene rings is 8. The highest BCUT2D eigenvalue weighted by atomic mass is 16.3. The summed E-state index contributed by atoms with van der Waals surface area (Å²) in [5.74, 6) is 0. The molecule has 0 unspecified atom stereocenters. The van der Waals surface area contributed by atoms with Crippen molar-refractivity contribution in [1.29, 1.82) is 0 Å². The van der Waals surface area contributed by atoms with Crippen LogP contribution in [-0.2, 0) is 0 Å². The third-order valence-electron chi connectivity index (χ3n) is 8.60. The molecule has 0 aliphatic heterocycles. The first-order chi connectivity index (χ1) is 20.8. The quantitative estimate of drug-likeness (QED) is 0.209. The Morgan fingerprint density at radius 1 is 0.310 bits per heavy atom. The van der Waals surface area contributed by atoms with E-state index in [1.165, 1.54) is 43.1 Å². The lowest BCUT2D eigenvalue weighted by atomic mass is 9.96. The van der Waals surface area contributed by atoms with Crippen LogP contribution < -0.4 is 4.90 Å². The van der Waals surface area contributed by atoms with Gasteiger partial charge in [0.25, 0.3) is 0 Å². The van der Waals surface area contributed by atoms with Crippen LogP contribution in [-0.4, -0.2) is 0 Å². The maximum absolute atomic E-state index is 6.33. The zero-order valence-corrected chi connectivity index (χ0v) is 22.8. The molecular formula is C40H25NO. The number of para-hydroxylation sites is 1. The number of fused-ring (bicyclic) bond motifs is 9. The minimum atomic E-state index is 0.886. The molecular weight excluding hydrogens is 510 g/mol. The number of furan rings is 1. The van der Waals surface area contributed by atoms with E-state index in [1.807, 2.05) is 12.1 Å².